The van der Waals surface area contributed by atoms with Crippen molar-refractivity contribution in [2.45, 2.75) is 18.8 Å². The molecule has 0 radical (unpaired) electrons. The van der Waals surface area contributed by atoms with Crippen molar-refractivity contribution in [3.8, 4) is 5.75 Å². The zero-order chi connectivity index (χ0) is 8.77. The number of benzene rings is 1. The quantitative estimate of drug-likeness (QED) is 0.597. The van der Waals surface area contributed by atoms with Crippen molar-refractivity contribution in [1.29, 1.82) is 0 Å². The Morgan fingerprint density at radius 1 is 1.50 bits per heavy atom. The van der Waals surface area contributed by atoms with Crippen LogP contribution in [0.15, 0.2) is 24.3 Å². The van der Waals surface area contributed by atoms with Crippen molar-refractivity contribution in [3.05, 3.63) is 29.8 Å². The highest BCUT2D eigenvalue weighted by atomic mass is 16.5. The molecule has 0 saturated carbocycles. The lowest BCUT2D eigenvalue weighted by molar-refractivity contribution is -0.00904. The lowest BCUT2D eigenvalue weighted by atomic mass is 10.0. The summed E-state index contributed by atoms with van der Waals surface area (Å²) in [5.74, 6) is 0.676. The van der Waals surface area contributed by atoms with E-state index in [0.717, 1.165) is 5.56 Å². The molecule has 0 aliphatic carbocycles. The third-order valence-electron chi connectivity index (χ3n) is 2.09. The third-order valence-corrected chi connectivity index (χ3v) is 2.09. The average molecular weight is 165 g/mol. The fourth-order valence-electron chi connectivity index (χ4n) is 1.40. The van der Waals surface area contributed by atoms with E-state index in [0.29, 0.717) is 5.75 Å². The second-order valence-electron chi connectivity index (χ2n) is 3.23. The molecule has 0 spiro atoms. The molecule has 2 unspecified atom stereocenters. The number of aliphatic hydroxyl groups excluding tert-OH is 1. The summed E-state index contributed by atoms with van der Waals surface area (Å²) in [4.78, 5) is 0. The number of ether oxygens (including phenoxy) is 1. The monoisotopic (exact) mass is 165 g/mol. The molecule has 0 bridgehead atoms. The number of hydrogen-bond donors (Lipinski definition) is 2. The Labute approximate surface area is 70.8 Å². The minimum atomic E-state index is -0.982. The zero-order valence-electron chi connectivity index (χ0n) is 6.82. The summed E-state index contributed by atoms with van der Waals surface area (Å²) >= 11 is 0. The second kappa shape index (κ2) is 2.21. The van der Waals surface area contributed by atoms with Gasteiger partial charge in [0.05, 0.1) is 0 Å². The summed E-state index contributed by atoms with van der Waals surface area (Å²) in [5.41, 5.74) is 5.48. The van der Waals surface area contributed by atoms with Gasteiger partial charge >= 0.3 is 0 Å². The molecular weight excluding hydrogens is 154 g/mol. The summed E-state index contributed by atoms with van der Waals surface area (Å²) < 4.78 is 5.33. The Morgan fingerprint density at radius 3 is 2.83 bits per heavy atom. The van der Waals surface area contributed by atoms with Crippen molar-refractivity contribution in [1.82, 2.24) is 0 Å². The minimum absolute atomic E-state index is 0.676. The van der Waals surface area contributed by atoms with Crippen LogP contribution >= 0.6 is 0 Å². The second-order valence-corrected chi connectivity index (χ2v) is 3.23. The number of aliphatic hydroxyl groups is 1. The van der Waals surface area contributed by atoms with Crippen molar-refractivity contribution in [2.75, 3.05) is 0 Å². The van der Waals surface area contributed by atoms with Gasteiger partial charge in [-0.1, -0.05) is 18.2 Å². The lowest BCUT2D eigenvalue weighted by Crippen LogP contribution is -2.44. The first-order valence-electron chi connectivity index (χ1n) is 3.86. The highest BCUT2D eigenvalue weighted by molar-refractivity contribution is 5.40. The van der Waals surface area contributed by atoms with Crippen LogP contribution in [-0.4, -0.2) is 10.8 Å². The molecule has 1 aliphatic rings. The number of nitrogens with two attached hydrogens (primary N) is 1. The predicted molar refractivity (Wildman–Crippen MR) is 44.6 cm³/mol. The Bertz CT molecular complexity index is 309. The van der Waals surface area contributed by atoms with Gasteiger partial charge in [0.25, 0.3) is 0 Å². The number of fused-ring (bicyclic) bond motifs is 1. The smallest absolute Gasteiger partial charge is 0.186 e. The molecule has 1 aromatic rings. The number of hydrogen-bond acceptors (Lipinski definition) is 3. The third kappa shape index (κ3) is 0.906. The maximum atomic E-state index is 9.66. The van der Waals surface area contributed by atoms with Crippen molar-refractivity contribution in [2.24, 2.45) is 5.73 Å². The standard InChI is InChI=1S/C9H11NO2/c1-9(10)8(11)6-4-2-3-5-7(6)12-9/h2-5,8,11H,10H2,1H3. The molecule has 0 saturated heterocycles. The fourth-order valence-corrected chi connectivity index (χ4v) is 1.40. The molecule has 3 heteroatoms. The van der Waals surface area contributed by atoms with Gasteiger partial charge in [0.2, 0.25) is 0 Å². The van der Waals surface area contributed by atoms with Crippen LogP contribution in [-0.2, 0) is 0 Å². The van der Waals surface area contributed by atoms with E-state index in [9.17, 15) is 5.11 Å². The molecular formula is C9H11NO2. The van der Waals surface area contributed by atoms with Gasteiger partial charge in [0.1, 0.15) is 11.9 Å². The molecule has 0 aromatic heterocycles. The molecule has 0 amide bonds. The lowest BCUT2D eigenvalue weighted by Gasteiger charge is -2.21. The van der Waals surface area contributed by atoms with Gasteiger partial charge in [-0.05, 0) is 13.0 Å². The number of para-hydroxylation sites is 1. The zero-order valence-corrected chi connectivity index (χ0v) is 6.82. The molecule has 0 fully saturated rings. The van der Waals surface area contributed by atoms with Crippen LogP contribution < -0.4 is 10.5 Å². The number of rotatable bonds is 0. The van der Waals surface area contributed by atoms with Crippen LogP contribution in [0.2, 0.25) is 0 Å². The van der Waals surface area contributed by atoms with E-state index in [2.05, 4.69) is 0 Å². The molecule has 1 heterocycles. The van der Waals surface area contributed by atoms with Crippen molar-refractivity contribution in [3.63, 3.8) is 0 Å². The first-order chi connectivity index (χ1) is 5.61. The van der Waals surface area contributed by atoms with Gasteiger partial charge in [-0.15, -0.1) is 0 Å². The molecule has 1 aliphatic heterocycles. The summed E-state index contributed by atoms with van der Waals surface area (Å²) in [7, 11) is 0. The Morgan fingerprint density at radius 2 is 2.17 bits per heavy atom. The van der Waals surface area contributed by atoms with Crippen LogP contribution in [0.25, 0.3) is 0 Å². The van der Waals surface area contributed by atoms with E-state index in [1.807, 2.05) is 18.2 Å². The van der Waals surface area contributed by atoms with Gasteiger partial charge in [-0.3, -0.25) is 5.73 Å². The van der Waals surface area contributed by atoms with Crippen molar-refractivity contribution >= 4 is 0 Å². The summed E-state index contributed by atoms with van der Waals surface area (Å²) in [6.45, 7) is 1.66. The molecule has 3 nitrogen and oxygen atoms in total. The van der Waals surface area contributed by atoms with Crippen LogP contribution in [0.3, 0.4) is 0 Å². The molecule has 12 heavy (non-hydrogen) atoms. The summed E-state index contributed by atoms with van der Waals surface area (Å²) in [6, 6.07) is 7.33. The first kappa shape index (κ1) is 7.58. The summed E-state index contributed by atoms with van der Waals surface area (Å²) in [6.07, 6.45) is -0.728. The molecule has 1 aromatic carbocycles. The van der Waals surface area contributed by atoms with Gasteiger partial charge < -0.3 is 9.84 Å². The Kier molecular flexibility index (Phi) is 1.40. The van der Waals surface area contributed by atoms with E-state index in [1.54, 1.807) is 13.0 Å². The van der Waals surface area contributed by atoms with Crippen molar-refractivity contribution < 1.29 is 9.84 Å². The SMILES string of the molecule is CC1(N)Oc2ccccc2C1O. The molecule has 64 valence electrons. The van der Waals surface area contributed by atoms with Gasteiger partial charge in [0.15, 0.2) is 5.72 Å². The van der Waals surface area contributed by atoms with E-state index in [1.165, 1.54) is 0 Å². The normalized spacial score (nSPS) is 32.8. The minimum Gasteiger partial charge on any atom is -0.470 e. The molecule has 2 rings (SSSR count). The van der Waals surface area contributed by atoms with Gasteiger partial charge in [-0.25, -0.2) is 0 Å². The Hall–Kier alpha value is -1.06. The Balaban J connectivity index is 2.49. The predicted octanol–water partition coefficient (Wildman–Crippen LogP) is 0.787. The highest BCUT2D eigenvalue weighted by Gasteiger charge is 2.40. The topological polar surface area (TPSA) is 55.5 Å². The maximum Gasteiger partial charge on any atom is 0.186 e. The largest absolute Gasteiger partial charge is 0.470 e. The highest BCUT2D eigenvalue weighted by Crippen LogP contribution is 2.39. The van der Waals surface area contributed by atoms with Gasteiger partial charge in [-0.2, -0.15) is 0 Å². The van der Waals surface area contributed by atoms with Crippen LogP contribution in [0, 0.1) is 0 Å². The van der Waals surface area contributed by atoms with Crippen LogP contribution in [0.5, 0.6) is 5.75 Å². The summed E-state index contributed by atoms with van der Waals surface area (Å²) in [5, 5.41) is 9.66. The van der Waals surface area contributed by atoms with E-state index in [-0.39, 0.29) is 0 Å². The molecule has 2 atom stereocenters. The molecule has 3 N–H and O–H groups in total. The van der Waals surface area contributed by atoms with Gasteiger partial charge in [0, 0.05) is 5.56 Å². The average Bonchev–Trinajstić information content (AvgIpc) is 2.24. The first-order valence-corrected chi connectivity index (χ1v) is 3.86. The van der Waals surface area contributed by atoms with Crippen LogP contribution in [0.4, 0.5) is 0 Å². The fraction of sp³-hybridized carbons (Fsp3) is 0.333. The van der Waals surface area contributed by atoms with E-state index in [4.69, 9.17) is 10.5 Å². The van der Waals surface area contributed by atoms with Crippen LogP contribution in [0.1, 0.15) is 18.6 Å². The van der Waals surface area contributed by atoms with E-state index >= 15 is 0 Å². The maximum absolute atomic E-state index is 9.66. The van der Waals surface area contributed by atoms with E-state index < -0.39 is 11.8 Å².